The lowest BCUT2D eigenvalue weighted by molar-refractivity contribution is 0.0929. The quantitative estimate of drug-likeness (QED) is 0.209. The normalized spacial score (nSPS) is 11.3. The molecule has 5 aromatic rings. The van der Waals surface area contributed by atoms with Crippen LogP contribution in [0.15, 0.2) is 94.4 Å². The molecule has 174 valence electrons. The van der Waals surface area contributed by atoms with Gasteiger partial charge in [-0.3, -0.25) is 4.79 Å². The number of carbonyl (C=O) groups is 1. The van der Waals surface area contributed by atoms with Crippen LogP contribution in [0, 0.1) is 0 Å². The Labute approximate surface area is 206 Å². The number of nitrogens with one attached hydrogen (secondary N) is 1. The summed E-state index contributed by atoms with van der Waals surface area (Å²) in [7, 11) is 1.56. The van der Waals surface area contributed by atoms with Gasteiger partial charge in [0, 0.05) is 16.0 Å². The number of halogens is 1. The molecule has 6 nitrogen and oxygen atoms in total. The van der Waals surface area contributed by atoms with Crippen LogP contribution in [0.1, 0.15) is 21.7 Å². The molecule has 0 unspecified atom stereocenters. The molecular formula is C28H21ClN2O4. The molecule has 0 spiro atoms. The Hall–Kier alpha value is -4.29. The van der Waals surface area contributed by atoms with Crippen molar-refractivity contribution in [3.05, 3.63) is 107 Å². The first-order valence-electron chi connectivity index (χ1n) is 10.9. The van der Waals surface area contributed by atoms with Crippen LogP contribution in [0.3, 0.4) is 0 Å². The van der Waals surface area contributed by atoms with Gasteiger partial charge in [-0.25, -0.2) is 5.43 Å². The summed E-state index contributed by atoms with van der Waals surface area (Å²) >= 11 is 6.20. The molecule has 0 aliphatic rings. The van der Waals surface area contributed by atoms with E-state index in [2.05, 4.69) is 10.5 Å². The largest absolute Gasteiger partial charge is 0.493 e. The standard InChI is InChI=1S/C28H21ClN2O4/c1-33-26-14-18(10-12-25(26)34-17-20-7-3-5-9-23(20)29)16-30-31-28(32)27-15-22-21-8-4-2-6-19(21)11-13-24(22)35-27/h2-16H,17H2,1H3,(H,31,32)/b30-16-. The molecule has 0 fully saturated rings. The van der Waals surface area contributed by atoms with Crippen LogP contribution in [-0.2, 0) is 6.61 Å². The zero-order valence-electron chi connectivity index (χ0n) is 18.8. The van der Waals surface area contributed by atoms with Gasteiger partial charge in [0.15, 0.2) is 17.3 Å². The van der Waals surface area contributed by atoms with Crippen molar-refractivity contribution in [2.24, 2.45) is 5.10 Å². The predicted molar refractivity (Wildman–Crippen MR) is 138 cm³/mol. The number of carbonyl (C=O) groups excluding carboxylic acids is 1. The van der Waals surface area contributed by atoms with E-state index in [4.69, 9.17) is 25.5 Å². The van der Waals surface area contributed by atoms with Crippen LogP contribution >= 0.6 is 11.6 Å². The Kier molecular flexibility index (Phi) is 6.37. The molecule has 1 aromatic heterocycles. The van der Waals surface area contributed by atoms with E-state index >= 15 is 0 Å². The predicted octanol–water partition coefficient (Wildman–Crippen LogP) is 6.59. The van der Waals surface area contributed by atoms with E-state index in [1.807, 2.05) is 66.7 Å². The van der Waals surface area contributed by atoms with Crippen LogP contribution < -0.4 is 14.9 Å². The third-order valence-corrected chi connectivity index (χ3v) is 5.93. The summed E-state index contributed by atoms with van der Waals surface area (Å²) in [6.45, 7) is 0.312. The molecule has 0 aliphatic carbocycles. The molecule has 1 N–H and O–H groups in total. The number of amides is 1. The van der Waals surface area contributed by atoms with Crippen molar-refractivity contribution in [3.8, 4) is 11.5 Å². The van der Waals surface area contributed by atoms with Crippen molar-refractivity contribution in [1.29, 1.82) is 0 Å². The maximum absolute atomic E-state index is 12.6. The van der Waals surface area contributed by atoms with Gasteiger partial charge in [0.1, 0.15) is 12.2 Å². The first-order valence-corrected chi connectivity index (χ1v) is 11.3. The number of methoxy groups -OCH3 is 1. The van der Waals surface area contributed by atoms with Crippen LogP contribution in [0.2, 0.25) is 5.02 Å². The molecule has 7 heteroatoms. The van der Waals surface area contributed by atoms with Crippen molar-refractivity contribution >= 4 is 45.5 Å². The summed E-state index contributed by atoms with van der Waals surface area (Å²) in [5, 5.41) is 7.70. The van der Waals surface area contributed by atoms with Gasteiger partial charge in [0.2, 0.25) is 0 Å². The van der Waals surface area contributed by atoms with Gasteiger partial charge in [-0.05, 0) is 52.7 Å². The third kappa shape index (κ3) is 4.83. The molecule has 5 rings (SSSR count). The number of hydrogen-bond donors (Lipinski definition) is 1. The van der Waals surface area contributed by atoms with Crippen LogP contribution in [-0.4, -0.2) is 19.2 Å². The summed E-state index contributed by atoms with van der Waals surface area (Å²) in [6.07, 6.45) is 1.52. The fourth-order valence-electron chi connectivity index (χ4n) is 3.78. The Bertz CT molecular complexity index is 1560. The number of rotatable bonds is 7. The maximum Gasteiger partial charge on any atom is 0.307 e. The highest BCUT2D eigenvalue weighted by atomic mass is 35.5. The smallest absolute Gasteiger partial charge is 0.307 e. The molecule has 1 amide bonds. The van der Waals surface area contributed by atoms with Crippen molar-refractivity contribution in [1.82, 2.24) is 5.43 Å². The number of fused-ring (bicyclic) bond motifs is 3. The number of nitrogens with zero attached hydrogens (tertiary/aromatic N) is 1. The van der Waals surface area contributed by atoms with Crippen LogP contribution in [0.5, 0.6) is 11.5 Å². The zero-order chi connectivity index (χ0) is 24.2. The number of hydrazone groups is 1. The van der Waals surface area contributed by atoms with Gasteiger partial charge in [0.25, 0.3) is 0 Å². The highest BCUT2D eigenvalue weighted by Gasteiger charge is 2.13. The van der Waals surface area contributed by atoms with Gasteiger partial charge in [-0.1, -0.05) is 60.1 Å². The Morgan fingerprint density at radius 2 is 1.80 bits per heavy atom. The van der Waals surface area contributed by atoms with Crippen molar-refractivity contribution in [3.63, 3.8) is 0 Å². The van der Waals surface area contributed by atoms with E-state index in [0.29, 0.717) is 28.7 Å². The van der Waals surface area contributed by atoms with Crippen molar-refractivity contribution < 1.29 is 18.7 Å². The topological polar surface area (TPSA) is 73.1 Å². The third-order valence-electron chi connectivity index (χ3n) is 5.56. The average Bonchev–Trinajstić information content (AvgIpc) is 3.34. The van der Waals surface area contributed by atoms with E-state index in [1.54, 1.807) is 25.3 Å². The summed E-state index contributed by atoms with van der Waals surface area (Å²) in [6, 6.07) is 26.4. The second-order valence-electron chi connectivity index (χ2n) is 7.80. The zero-order valence-corrected chi connectivity index (χ0v) is 19.6. The summed E-state index contributed by atoms with van der Waals surface area (Å²) < 4.78 is 17.1. The second-order valence-corrected chi connectivity index (χ2v) is 8.21. The molecule has 1 heterocycles. The Morgan fingerprint density at radius 1 is 0.971 bits per heavy atom. The number of furan rings is 1. The summed E-state index contributed by atoms with van der Waals surface area (Å²) in [5.41, 5.74) is 4.76. The minimum absolute atomic E-state index is 0.189. The van der Waals surface area contributed by atoms with Gasteiger partial charge < -0.3 is 13.9 Å². The lowest BCUT2D eigenvalue weighted by Gasteiger charge is -2.12. The highest BCUT2D eigenvalue weighted by Crippen LogP contribution is 2.30. The maximum atomic E-state index is 12.6. The van der Waals surface area contributed by atoms with E-state index < -0.39 is 5.91 Å². The molecule has 0 radical (unpaired) electrons. The summed E-state index contributed by atoms with van der Waals surface area (Å²) in [5.74, 6) is 0.863. The average molecular weight is 485 g/mol. The van der Waals surface area contributed by atoms with Crippen molar-refractivity contribution in [2.45, 2.75) is 6.61 Å². The molecule has 35 heavy (non-hydrogen) atoms. The Balaban J connectivity index is 1.27. The first-order chi connectivity index (χ1) is 17.1. The first kappa shape index (κ1) is 22.5. The molecule has 0 aliphatic heterocycles. The Morgan fingerprint density at radius 3 is 2.66 bits per heavy atom. The van der Waals surface area contributed by atoms with Crippen LogP contribution in [0.25, 0.3) is 21.7 Å². The molecule has 4 aromatic carbocycles. The van der Waals surface area contributed by atoms with E-state index in [0.717, 1.165) is 27.3 Å². The van der Waals surface area contributed by atoms with Gasteiger partial charge in [0.05, 0.1) is 13.3 Å². The fourth-order valence-corrected chi connectivity index (χ4v) is 3.97. The van der Waals surface area contributed by atoms with Gasteiger partial charge in [-0.15, -0.1) is 0 Å². The van der Waals surface area contributed by atoms with E-state index in [-0.39, 0.29) is 5.76 Å². The van der Waals surface area contributed by atoms with E-state index in [9.17, 15) is 4.79 Å². The van der Waals surface area contributed by atoms with Gasteiger partial charge in [-0.2, -0.15) is 5.10 Å². The number of hydrogen-bond acceptors (Lipinski definition) is 5. The fraction of sp³-hybridized carbons (Fsp3) is 0.0714. The highest BCUT2D eigenvalue weighted by molar-refractivity contribution is 6.31. The monoisotopic (exact) mass is 484 g/mol. The molecular weight excluding hydrogens is 464 g/mol. The van der Waals surface area contributed by atoms with Crippen LogP contribution in [0.4, 0.5) is 0 Å². The summed E-state index contributed by atoms with van der Waals surface area (Å²) in [4.78, 5) is 12.6. The molecule has 0 saturated carbocycles. The lowest BCUT2D eigenvalue weighted by atomic mass is 10.1. The molecule has 0 bridgehead atoms. The number of ether oxygens (including phenoxy) is 2. The van der Waals surface area contributed by atoms with Gasteiger partial charge >= 0.3 is 5.91 Å². The molecule has 0 saturated heterocycles. The van der Waals surface area contributed by atoms with E-state index in [1.165, 1.54) is 6.21 Å². The lowest BCUT2D eigenvalue weighted by Crippen LogP contribution is -2.16. The SMILES string of the molecule is COc1cc(/C=N\NC(=O)c2cc3c(ccc4ccccc43)o2)ccc1OCc1ccccc1Cl. The number of benzene rings is 4. The second kappa shape index (κ2) is 9.91. The minimum atomic E-state index is -0.437. The van der Waals surface area contributed by atoms with Crippen molar-refractivity contribution in [2.75, 3.05) is 7.11 Å². The minimum Gasteiger partial charge on any atom is -0.493 e. The molecule has 0 atom stereocenters.